The molecule has 2 aromatic carbocycles. The van der Waals surface area contributed by atoms with Crippen molar-refractivity contribution in [3.8, 4) is 5.75 Å². The zero-order chi connectivity index (χ0) is 14.0. The van der Waals surface area contributed by atoms with Crippen molar-refractivity contribution in [1.82, 2.24) is 0 Å². The van der Waals surface area contributed by atoms with Crippen molar-refractivity contribution in [3.63, 3.8) is 0 Å². The molecule has 0 radical (unpaired) electrons. The van der Waals surface area contributed by atoms with Crippen molar-refractivity contribution < 1.29 is 13.5 Å². The summed E-state index contributed by atoms with van der Waals surface area (Å²) >= 11 is 12.4. The summed E-state index contributed by atoms with van der Waals surface area (Å²) in [5.41, 5.74) is 0.685. The second-order valence-electron chi connectivity index (χ2n) is 3.72. The predicted molar refractivity (Wildman–Crippen MR) is 77.5 cm³/mol. The Morgan fingerprint density at radius 3 is 2.47 bits per heavy atom. The predicted octanol–water partition coefficient (Wildman–Crippen LogP) is 5.72. The van der Waals surface area contributed by atoms with Crippen molar-refractivity contribution >= 4 is 43.5 Å². The first kappa shape index (κ1) is 14.8. The molecule has 19 heavy (non-hydrogen) atoms. The topological polar surface area (TPSA) is 9.23 Å². The smallest absolute Gasteiger partial charge is 0.200 e. The Morgan fingerprint density at radius 1 is 1.05 bits per heavy atom. The van der Waals surface area contributed by atoms with Gasteiger partial charge < -0.3 is 4.74 Å². The zero-order valence-electron chi connectivity index (χ0n) is 9.39. The summed E-state index contributed by atoms with van der Waals surface area (Å²) in [6.07, 6.45) is 0. The Labute approximate surface area is 130 Å². The van der Waals surface area contributed by atoms with E-state index in [2.05, 4.69) is 31.9 Å². The number of ether oxygens (including phenoxy) is 1. The van der Waals surface area contributed by atoms with Crippen LogP contribution in [0.3, 0.4) is 0 Å². The summed E-state index contributed by atoms with van der Waals surface area (Å²) in [7, 11) is 0. The van der Waals surface area contributed by atoms with Crippen LogP contribution < -0.4 is 4.74 Å². The Morgan fingerprint density at radius 2 is 1.79 bits per heavy atom. The monoisotopic (exact) mass is 410 g/mol. The molecular formula is C13H7Br2ClF2O. The van der Waals surface area contributed by atoms with Gasteiger partial charge in [-0.1, -0.05) is 49.5 Å². The molecule has 0 aromatic heterocycles. The van der Waals surface area contributed by atoms with Crippen molar-refractivity contribution in [3.05, 3.63) is 61.5 Å². The second kappa shape index (κ2) is 6.20. The molecule has 0 aliphatic heterocycles. The maximum atomic E-state index is 13.5. The van der Waals surface area contributed by atoms with Gasteiger partial charge in [0.05, 0.1) is 0 Å². The van der Waals surface area contributed by atoms with Crippen LogP contribution in [0.15, 0.2) is 39.3 Å². The average Bonchev–Trinajstić information content (AvgIpc) is 2.33. The molecule has 2 aromatic rings. The van der Waals surface area contributed by atoms with Gasteiger partial charge in [-0.2, -0.15) is 4.39 Å². The van der Waals surface area contributed by atoms with E-state index in [-0.39, 0.29) is 12.4 Å². The van der Waals surface area contributed by atoms with E-state index >= 15 is 0 Å². The van der Waals surface area contributed by atoms with Crippen LogP contribution in [0.2, 0.25) is 5.02 Å². The third kappa shape index (κ3) is 3.68. The van der Waals surface area contributed by atoms with E-state index in [1.165, 1.54) is 6.07 Å². The first-order chi connectivity index (χ1) is 8.97. The van der Waals surface area contributed by atoms with Crippen LogP contribution in [-0.2, 0) is 6.61 Å². The third-order valence-electron chi connectivity index (χ3n) is 2.36. The van der Waals surface area contributed by atoms with Crippen molar-refractivity contribution in [2.75, 3.05) is 0 Å². The first-order valence-corrected chi connectivity index (χ1v) is 7.15. The van der Waals surface area contributed by atoms with Crippen LogP contribution in [0.4, 0.5) is 8.78 Å². The van der Waals surface area contributed by atoms with Crippen LogP contribution >= 0.6 is 43.5 Å². The minimum atomic E-state index is -1.02. The normalized spacial score (nSPS) is 10.6. The molecule has 0 aliphatic rings. The van der Waals surface area contributed by atoms with Crippen molar-refractivity contribution in [2.45, 2.75) is 6.61 Å². The zero-order valence-corrected chi connectivity index (χ0v) is 13.3. The SMILES string of the molecule is Fc1cc(Br)cc(OCc2ccc(Br)cc2Cl)c1F. The van der Waals surface area contributed by atoms with Gasteiger partial charge in [0.25, 0.3) is 0 Å². The van der Waals surface area contributed by atoms with Crippen LogP contribution in [0.25, 0.3) is 0 Å². The minimum absolute atomic E-state index is 0.0545. The van der Waals surface area contributed by atoms with Crippen molar-refractivity contribution in [1.29, 1.82) is 0 Å². The lowest BCUT2D eigenvalue weighted by atomic mass is 10.2. The summed E-state index contributed by atoms with van der Waals surface area (Å²) in [4.78, 5) is 0. The van der Waals surface area contributed by atoms with Gasteiger partial charge in [0.1, 0.15) is 6.61 Å². The fourth-order valence-electron chi connectivity index (χ4n) is 1.43. The fraction of sp³-hybridized carbons (Fsp3) is 0.0769. The molecule has 0 saturated carbocycles. The van der Waals surface area contributed by atoms with E-state index in [4.69, 9.17) is 16.3 Å². The molecule has 1 nitrogen and oxygen atoms in total. The molecule has 2 rings (SSSR count). The second-order valence-corrected chi connectivity index (χ2v) is 5.96. The molecule has 0 amide bonds. The number of benzene rings is 2. The molecule has 0 saturated heterocycles. The van der Waals surface area contributed by atoms with Gasteiger partial charge in [0.2, 0.25) is 5.82 Å². The molecule has 0 unspecified atom stereocenters. The molecule has 0 N–H and O–H groups in total. The number of rotatable bonds is 3. The van der Waals surface area contributed by atoms with Crippen LogP contribution in [0, 0.1) is 11.6 Å². The highest BCUT2D eigenvalue weighted by Gasteiger charge is 2.12. The number of halogens is 5. The van der Waals surface area contributed by atoms with Gasteiger partial charge in [-0.15, -0.1) is 0 Å². The third-order valence-corrected chi connectivity index (χ3v) is 3.66. The highest BCUT2D eigenvalue weighted by atomic mass is 79.9. The molecule has 0 fully saturated rings. The Kier molecular flexibility index (Phi) is 4.81. The number of hydrogen-bond donors (Lipinski definition) is 0. The molecular weight excluding hydrogens is 405 g/mol. The maximum Gasteiger partial charge on any atom is 0.200 e. The van der Waals surface area contributed by atoms with E-state index in [0.29, 0.717) is 15.1 Å². The van der Waals surface area contributed by atoms with Gasteiger partial charge in [0.15, 0.2) is 11.6 Å². The van der Waals surface area contributed by atoms with Crippen LogP contribution in [0.5, 0.6) is 5.75 Å². The van der Waals surface area contributed by atoms with Crippen molar-refractivity contribution in [2.24, 2.45) is 0 Å². The Balaban J connectivity index is 2.19. The fourth-order valence-corrected chi connectivity index (χ4v) is 2.57. The van der Waals surface area contributed by atoms with Gasteiger partial charge in [-0.25, -0.2) is 4.39 Å². The summed E-state index contributed by atoms with van der Waals surface area (Å²) in [6.45, 7) is 0.0545. The summed E-state index contributed by atoms with van der Waals surface area (Å²) < 4.78 is 33.2. The number of hydrogen-bond acceptors (Lipinski definition) is 1. The molecule has 0 heterocycles. The molecule has 100 valence electrons. The lowest BCUT2D eigenvalue weighted by molar-refractivity contribution is 0.284. The lowest BCUT2D eigenvalue weighted by Gasteiger charge is -2.10. The van der Waals surface area contributed by atoms with Gasteiger partial charge >= 0.3 is 0 Å². The molecule has 0 bridgehead atoms. The maximum absolute atomic E-state index is 13.5. The van der Waals surface area contributed by atoms with Gasteiger partial charge in [0, 0.05) is 19.5 Å². The lowest BCUT2D eigenvalue weighted by Crippen LogP contribution is -2.00. The standard InChI is InChI=1S/C13H7Br2ClF2O/c14-8-2-1-7(10(16)3-8)6-19-12-5-9(15)4-11(17)13(12)18/h1-5H,6H2. The first-order valence-electron chi connectivity index (χ1n) is 5.18. The van der Waals surface area contributed by atoms with Gasteiger partial charge in [-0.05, 0) is 24.3 Å². The molecule has 0 atom stereocenters. The van der Waals surface area contributed by atoms with E-state index in [9.17, 15) is 8.78 Å². The highest BCUT2D eigenvalue weighted by molar-refractivity contribution is 9.10. The summed E-state index contributed by atoms with van der Waals surface area (Å²) in [6, 6.07) is 7.65. The highest BCUT2D eigenvalue weighted by Crippen LogP contribution is 2.27. The quantitative estimate of drug-likeness (QED) is 0.586. The van der Waals surface area contributed by atoms with Crippen LogP contribution in [-0.4, -0.2) is 0 Å². The minimum Gasteiger partial charge on any atom is -0.486 e. The van der Waals surface area contributed by atoms with E-state index in [1.54, 1.807) is 18.2 Å². The van der Waals surface area contributed by atoms with E-state index < -0.39 is 11.6 Å². The molecule has 0 spiro atoms. The van der Waals surface area contributed by atoms with Gasteiger partial charge in [-0.3, -0.25) is 0 Å². The Bertz CT molecular complexity index is 620. The van der Waals surface area contributed by atoms with E-state index in [0.717, 1.165) is 10.5 Å². The van der Waals surface area contributed by atoms with E-state index in [1.807, 2.05) is 0 Å². The molecule has 6 heteroatoms. The molecule has 0 aliphatic carbocycles. The Hall–Kier alpha value is -0.650. The largest absolute Gasteiger partial charge is 0.486 e. The summed E-state index contributed by atoms with van der Waals surface area (Å²) in [5.74, 6) is -2.14. The van der Waals surface area contributed by atoms with Crippen LogP contribution in [0.1, 0.15) is 5.56 Å². The summed E-state index contributed by atoms with van der Waals surface area (Å²) in [5, 5.41) is 0.491. The average molecular weight is 412 g/mol.